The number of rotatable bonds is 5. The fourth-order valence-electron chi connectivity index (χ4n) is 1.73. The van der Waals surface area contributed by atoms with Crippen LogP contribution in [-0.4, -0.2) is 16.9 Å². The SMILES string of the molecule is CCC(C)C(C)NC(=O)c1cc(Cl)nc(C(C)C)c1. The van der Waals surface area contributed by atoms with Crippen LogP contribution in [0.5, 0.6) is 0 Å². The van der Waals surface area contributed by atoms with Gasteiger partial charge in [-0.1, -0.05) is 45.7 Å². The van der Waals surface area contributed by atoms with Crippen LogP contribution >= 0.6 is 11.6 Å². The summed E-state index contributed by atoms with van der Waals surface area (Å²) in [4.78, 5) is 16.4. The second kappa shape index (κ2) is 6.90. The van der Waals surface area contributed by atoms with Gasteiger partial charge in [-0.05, 0) is 30.9 Å². The molecule has 19 heavy (non-hydrogen) atoms. The average molecular weight is 283 g/mol. The average Bonchev–Trinajstić information content (AvgIpc) is 2.36. The van der Waals surface area contributed by atoms with E-state index in [2.05, 4.69) is 24.1 Å². The third kappa shape index (κ3) is 4.50. The largest absolute Gasteiger partial charge is 0.349 e. The monoisotopic (exact) mass is 282 g/mol. The molecule has 0 saturated carbocycles. The van der Waals surface area contributed by atoms with Crippen molar-refractivity contribution in [1.82, 2.24) is 10.3 Å². The molecule has 1 amide bonds. The lowest BCUT2D eigenvalue weighted by Gasteiger charge is -2.20. The van der Waals surface area contributed by atoms with E-state index in [1.54, 1.807) is 6.07 Å². The quantitative estimate of drug-likeness (QED) is 0.829. The summed E-state index contributed by atoms with van der Waals surface area (Å²) in [5, 5.41) is 3.38. The Balaban J connectivity index is 2.88. The standard InChI is InChI=1S/C15H23ClN2O/c1-6-10(4)11(5)17-15(19)12-7-13(9(2)3)18-14(16)8-12/h7-11H,6H2,1-5H3,(H,17,19). The highest BCUT2D eigenvalue weighted by atomic mass is 35.5. The summed E-state index contributed by atoms with van der Waals surface area (Å²) in [5.41, 5.74) is 1.42. The summed E-state index contributed by atoms with van der Waals surface area (Å²) < 4.78 is 0. The van der Waals surface area contributed by atoms with Crippen LogP contribution in [0, 0.1) is 5.92 Å². The predicted molar refractivity (Wildman–Crippen MR) is 79.7 cm³/mol. The molecule has 4 heteroatoms. The van der Waals surface area contributed by atoms with Crippen LogP contribution in [-0.2, 0) is 0 Å². The van der Waals surface area contributed by atoms with E-state index in [-0.39, 0.29) is 17.9 Å². The van der Waals surface area contributed by atoms with Gasteiger partial charge in [0.2, 0.25) is 0 Å². The topological polar surface area (TPSA) is 42.0 Å². The van der Waals surface area contributed by atoms with E-state index in [1.807, 2.05) is 26.8 Å². The molecule has 0 aliphatic carbocycles. The van der Waals surface area contributed by atoms with Gasteiger partial charge in [0.05, 0.1) is 0 Å². The van der Waals surface area contributed by atoms with Crippen molar-refractivity contribution in [3.8, 4) is 0 Å². The molecule has 1 N–H and O–H groups in total. The van der Waals surface area contributed by atoms with Crippen molar-refractivity contribution >= 4 is 17.5 Å². The molecule has 106 valence electrons. The smallest absolute Gasteiger partial charge is 0.251 e. The van der Waals surface area contributed by atoms with Crippen LogP contribution in [0.1, 0.15) is 63.0 Å². The van der Waals surface area contributed by atoms with Crippen molar-refractivity contribution in [1.29, 1.82) is 0 Å². The lowest BCUT2D eigenvalue weighted by atomic mass is 10.0. The molecule has 0 aliphatic heterocycles. The van der Waals surface area contributed by atoms with E-state index < -0.39 is 0 Å². The summed E-state index contributed by atoms with van der Waals surface area (Å²) >= 11 is 5.97. The second-order valence-corrected chi connectivity index (χ2v) is 5.79. The number of nitrogens with zero attached hydrogens (tertiary/aromatic N) is 1. The number of aromatic nitrogens is 1. The summed E-state index contributed by atoms with van der Waals surface area (Å²) in [6, 6.07) is 3.58. The molecule has 0 aliphatic rings. The van der Waals surface area contributed by atoms with Crippen molar-refractivity contribution in [2.45, 2.75) is 53.0 Å². The Kier molecular flexibility index (Phi) is 5.80. The van der Waals surface area contributed by atoms with Crippen LogP contribution in [0.25, 0.3) is 0 Å². The maximum atomic E-state index is 12.2. The van der Waals surface area contributed by atoms with Crippen LogP contribution in [0.4, 0.5) is 0 Å². The third-order valence-corrected chi connectivity index (χ3v) is 3.72. The molecule has 0 radical (unpaired) electrons. The maximum Gasteiger partial charge on any atom is 0.251 e. The van der Waals surface area contributed by atoms with Gasteiger partial charge in [0.25, 0.3) is 5.91 Å². The number of hydrogen-bond acceptors (Lipinski definition) is 2. The minimum Gasteiger partial charge on any atom is -0.349 e. The summed E-state index contributed by atoms with van der Waals surface area (Å²) in [6.07, 6.45) is 1.04. The molecule has 0 bridgehead atoms. The number of amides is 1. The Bertz CT molecular complexity index is 446. The Morgan fingerprint density at radius 3 is 2.47 bits per heavy atom. The van der Waals surface area contributed by atoms with Crippen molar-refractivity contribution in [3.63, 3.8) is 0 Å². The first-order chi connectivity index (χ1) is 8.85. The van der Waals surface area contributed by atoms with E-state index in [0.29, 0.717) is 16.6 Å². The summed E-state index contributed by atoms with van der Waals surface area (Å²) in [6.45, 7) is 10.3. The van der Waals surface area contributed by atoms with E-state index >= 15 is 0 Å². The van der Waals surface area contributed by atoms with E-state index in [0.717, 1.165) is 12.1 Å². The van der Waals surface area contributed by atoms with Crippen molar-refractivity contribution < 1.29 is 4.79 Å². The van der Waals surface area contributed by atoms with Gasteiger partial charge in [-0.15, -0.1) is 0 Å². The number of halogens is 1. The Labute approximate surface area is 120 Å². The molecule has 1 rings (SSSR count). The van der Waals surface area contributed by atoms with Crippen LogP contribution in [0.15, 0.2) is 12.1 Å². The zero-order valence-electron chi connectivity index (χ0n) is 12.3. The van der Waals surface area contributed by atoms with Gasteiger partial charge in [0.1, 0.15) is 5.15 Å². The van der Waals surface area contributed by atoms with Crippen LogP contribution < -0.4 is 5.32 Å². The zero-order chi connectivity index (χ0) is 14.6. The highest BCUT2D eigenvalue weighted by Crippen LogP contribution is 2.18. The van der Waals surface area contributed by atoms with Gasteiger partial charge in [-0.2, -0.15) is 0 Å². The fourth-order valence-corrected chi connectivity index (χ4v) is 1.95. The minimum absolute atomic E-state index is 0.0843. The molecule has 2 atom stereocenters. The van der Waals surface area contributed by atoms with Crippen molar-refractivity contribution in [3.05, 3.63) is 28.5 Å². The molecule has 1 aromatic heterocycles. The minimum atomic E-state index is -0.0843. The number of hydrogen-bond donors (Lipinski definition) is 1. The van der Waals surface area contributed by atoms with E-state index in [9.17, 15) is 4.79 Å². The molecule has 3 nitrogen and oxygen atoms in total. The highest BCUT2D eigenvalue weighted by molar-refractivity contribution is 6.29. The molecule has 0 spiro atoms. The molecule has 0 saturated heterocycles. The van der Waals surface area contributed by atoms with Gasteiger partial charge in [0.15, 0.2) is 0 Å². The Morgan fingerprint density at radius 1 is 1.32 bits per heavy atom. The molecule has 1 heterocycles. The third-order valence-electron chi connectivity index (χ3n) is 3.52. The number of carbonyl (C=O) groups is 1. The summed E-state index contributed by atoms with van der Waals surface area (Å²) in [7, 11) is 0. The zero-order valence-corrected chi connectivity index (χ0v) is 13.1. The lowest BCUT2D eigenvalue weighted by molar-refractivity contribution is 0.0928. The number of pyridine rings is 1. The molecular formula is C15H23ClN2O. The van der Waals surface area contributed by atoms with Gasteiger partial charge in [0, 0.05) is 17.3 Å². The first-order valence-electron chi connectivity index (χ1n) is 6.83. The van der Waals surface area contributed by atoms with E-state index in [4.69, 9.17) is 11.6 Å². The van der Waals surface area contributed by atoms with E-state index in [1.165, 1.54) is 0 Å². The first-order valence-corrected chi connectivity index (χ1v) is 7.21. The van der Waals surface area contributed by atoms with Gasteiger partial charge in [-0.25, -0.2) is 4.98 Å². The Hall–Kier alpha value is -1.09. The van der Waals surface area contributed by atoms with Crippen molar-refractivity contribution in [2.24, 2.45) is 5.92 Å². The Morgan fingerprint density at radius 2 is 1.95 bits per heavy atom. The predicted octanol–water partition coefficient (Wildman–Crippen LogP) is 4.02. The van der Waals surface area contributed by atoms with Crippen LogP contribution in [0.2, 0.25) is 5.15 Å². The summed E-state index contributed by atoms with van der Waals surface area (Å²) in [5.74, 6) is 0.613. The first kappa shape index (κ1) is 16.0. The molecule has 0 aromatic carbocycles. The normalized spacial score (nSPS) is 14.3. The lowest BCUT2D eigenvalue weighted by Crippen LogP contribution is -2.37. The highest BCUT2D eigenvalue weighted by Gasteiger charge is 2.16. The van der Waals surface area contributed by atoms with Crippen molar-refractivity contribution in [2.75, 3.05) is 0 Å². The molecular weight excluding hydrogens is 260 g/mol. The van der Waals surface area contributed by atoms with Crippen LogP contribution in [0.3, 0.4) is 0 Å². The molecule has 2 unspecified atom stereocenters. The molecule has 1 aromatic rings. The fraction of sp³-hybridized carbons (Fsp3) is 0.600. The van der Waals surface area contributed by atoms with Gasteiger partial charge >= 0.3 is 0 Å². The van der Waals surface area contributed by atoms with Gasteiger partial charge < -0.3 is 5.32 Å². The molecule has 0 fully saturated rings. The second-order valence-electron chi connectivity index (χ2n) is 5.41. The number of nitrogens with one attached hydrogen (secondary N) is 1. The number of carbonyl (C=O) groups excluding carboxylic acids is 1. The maximum absolute atomic E-state index is 12.2. The van der Waals surface area contributed by atoms with Gasteiger partial charge in [-0.3, -0.25) is 4.79 Å².